The number of hydrogen-bond donors (Lipinski definition) is 2. The average Bonchev–Trinajstić information content (AvgIpc) is 2.52. The van der Waals surface area contributed by atoms with Crippen LogP contribution in [0.15, 0.2) is 0 Å². The van der Waals surface area contributed by atoms with E-state index >= 15 is 0 Å². The number of ketones is 1. The van der Waals surface area contributed by atoms with Gasteiger partial charge in [0.05, 0.1) is 6.10 Å². The Morgan fingerprint density at radius 3 is 1.75 bits per heavy atom. The predicted octanol–water partition coefficient (Wildman–Crippen LogP) is 4.52. The van der Waals surface area contributed by atoms with Gasteiger partial charge in [-0.1, -0.05) is 71.1 Å². The van der Waals surface area contributed by atoms with Gasteiger partial charge in [0.2, 0.25) is 5.91 Å². The Labute approximate surface area is 148 Å². The van der Waals surface area contributed by atoms with Crippen LogP contribution in [0.3, 0.4) is 0 Å². The highest BCUT2D eigenvalue weighted by atomic mass is 16.3. The highest BCUT2D eigenvalue weighted by Gasteiger charge is 2.16. The summed E-state index contributed by atoms with van der Waals surface area (Å²) in [6, 6.07) is 0. The molecule has 0 aromatic rings. The molecule has 0 radical (unpaired) electrons. The molecule has 1 amide bonds. The maximum atomic E-state index is 11.4. The van der Waals surface area contributed by atoms with Crippen LogP contribution < -0.4 is 5.73 Å². The maximum absolute atomic E-state index is 11.4. The first-order chi connectivity index (χ1) is 11.5. The molecule has 2 atom stereocenters. The molecule has 24 heavy (non-hydrogen) atoms. The van der Waals surface area contributed by atoms with E-state index in [1.165, 1.54) is 32.1 Å². The summed E-state index contributed by atoms with van der Waals surface area (Å²) in [6.45, 7) is 3.75. The molecular weight excluding hydrogens is 302 g/mol. The number of aliphatic hydroxyl groups excluding tert-OH is 1. The molecule has 142 valence electrons. The van der Waals surface area contributed by atoms with Crippen LogP contribution in [0.25, 0.3) is 0 Å². The molecule has 0 rings (SSSR count). The Morgan fingerprint density at radius 2 is 1.29 bits per heavy atom. The molecule has 0 saturated carbocycles. The lowest BCUT2D eigenvalue weighted by Gasteiger charge is -2.11. The number of nitrogens with two attached hydrogens (primary N) is 1. The minimum absolute atomic E-state index is 0.0710. The quantitative estimate of drug-likeness (QED) is 0.382. The molecule has 0 spiro atoms. The molecule has 4 nitrogen and oxygen atoms in total. The first-order valence-electron chi connectivity index (χ1n) is 9.94. The molecule has 0 bridgehead atoms. The molecule has 0 heterocycles. The van der Waals surface area contributed by atoms with Crippen LogP contribution >= 0.6 is 0 Å². The van der Waals surface area contributed by atoms with E-state index in [-0.39, 0.29) is 30.1 Å². The van der Waals surface area contributed by atoms with Crippen molar-refractivity contribution < 1.29 is 14.7 Å². The van der Waals surface area contributed by atoms with Crippen molar-refractivity contribution in [3.8, 4) is 0 Å². The summed E-state index contributed by atoms with van der Waals surface area (Å²) in [5.74, 6) is -0.504. The van der Waals surface area contributed by atoms with Crippen LogP contribution in [0.4, 0.5) is 0 Å². The van der Waals surface area contributed by atoms with Crippen molar-refractivity contribution in [2.45, 2.75) is 110 Å². The summed E-state index contributed by atoms with van der Waals surface area (Å²) >= 11 is 0. The molecule has 0 aromatic carbocycles. The van der Waals surface area contributed by atoms with Crippen LogP contribution in [0.1, 0.15) is 104 Å². The number of carbonyl (C=O) groups is 2. The van der Waals surface area contributed by atoms with Gasteiger partial charge in [0.25, 0.3) is 0 Å². The van der Waals surface area contributed by atoms with Crippen molar-refractivity contribution in [3.05, 3.63) is 0 Å². The van der Waals surface area contributed by atoms with Gasteiger partial charge in [0, 0.05) is 12.3 Å². The second-order valence-corrected chi connectivity index (χ2v) is 7.18. The summed E-state index contributed by atoms with van der Waals surface area (Å²) in [5, 5.41) is 9.90. The van der Waals surface area contributed by atoms with Crippen molar-refractivity contribution in [2.75, 3.05) is 0 Å². The molecular formula is C20H39NO3. The van der Waals surface area contributed by atoms with E-state index < -0.39 is 0 Å². The lowest BCUT2D eigenvalue weighted by molar-refractivity contribution is -0.126. The topological polar surface area (TPSA) is 80.4 Å². The van der Waals surface area contributed by atoms with Crippen molar-refractivity contribution in [3.63, 3.8) is 0 Å². The van der Waals surface area contributed by atoms with Crippen molar-refractivity contribution in [2.24, 2.45) is 11.7 Å². The van der Waals surface area contributed by atoms with E-state index in [1.807, 2.05) is 0 Å². The molecule has 0 aliphatic carbocycles. The van der Waals surface area contributed by atoms with Crippen LogP contribution in [0, 0.1) is 5.92 Å². The molecule has 4 heteroatoms. The van der Waals surface area contributed by atoms with E-state index in [9.17, 15) is 14.7 Å². The molecule has 2 unspecified atom stereocenters. The largest absolute Gasteiger partial charge is 0.393 e. The summed E-state index contributed by atoms with van der Waals surface area (Å²) in [5.41, 5.74) is 5.17. The normalized spacial score (nSPS) is 13.6. The molecule has 3 N–H and O–H groups in total. The predicted molar refractivity (Wildman–Crippen MR) is 99.7 cm³/mol. The van der Waals surface area contributed by atoms with Gasteiger partial charge in [-0.3, -0.25) is 9.59 Å². The summed E-state index contributed by atoms with van der Waals surface area (Å²) in [4.78, 5) is 22.4. The van der Waals surface area contributed by atoms with Crippen molar-refractivity contribution in [1.82, 2.24) is 0 Å². The molecule has 0 saturated heterocycles. The Kier molecular flexibility index (Phi) is 15.0. The standard InChI is InChI=1S/C20H39NO3/c1-3-4-5-11-14-19(23)15-12-9-7-6-8-10-13-18(17(2)22)16-20(21)24/h18-19,23H,3-16H2,1-2H3,(H2,21,24). The van der Waals surface area contributed by atoms with Gasteiger partial charge < -0.3 is 10.8 Å². The number of primary amides is 1. The minimum Gasteiger partial charge on any atom is -0.393 e. The lowest BCUT2D eigenvalue weighted by atomic mass is 9.93. The molecule has 0 fully saturated rings. The Morgan fingerprint density at radius 1 is 0.833 bits per heavy atom. The number of amides is 1. The van der Waals surface area contributed by atoms with Gasteiger partial charge in [-0.25, -0.2) is 0 Å². The number of carbonyl (C=O) groups excluding carboxylic acids is 2. The Balaban J connectivity index is 3.46. The zero-order chi connectivity index (χ0) is 18.2. The third kappa shape index (κ3) is 14.7. The van der Waals surface area contributed by atoms with E-state index in [0.29, 0.717) is 0 Å². The molecule has 0 aliphatic heterocycles. The van der Waals surface area contributed by atoms with Crippen molar-refractivity contribution >= 4 is 11.7 Å². The molecule has 0 aliphatic rings. The fraction of sp³-hybridized carbons (Fsp3) is 0.900. The van der Waals surface area contributed by atoms with Crippen LogP contribution in [-0.4, -0.2) is 22.9 Å². The zero-order valence-electron chi connectivity index (χ0n) is 15.9. The van der Waals surface area contributed by atoms with Crippen LogP contribution in [0.5, 0.6) is 0 Å². The second-order valence-electron chi connectivity index (χ2n) is 7.18. The van der Waals surface area contributed by atoms with Gasteiger partial charge in [-0.15, -0.1) is 0 Å². The van der Waals surface area contributed by atoms with Crippen LogP contribution in [-0.2, 0) is 9.59 Å². The number of hydrogen-bond acceptors (Lipinski definition) is 3. The number of aliphatic hydroxyl groups is 1. The summed E-state index contributed by atoms with van der Waals surface area (Å²) in [7, 11) is 0. The summed E-state index contributed by atoms with van der Waals surface area (Å²) < 4.78 is 0. The highest BCUT2D eigenvalue weighted by molar-refractivity contribution is 5.84. The van der Waals surface area contributed by atoms with Crippen molar-refractivity contribution in [1.29, 1.82) is 0 Å². The van der Waals surface area contributed by atoms with E-state index in [4.69, 9.17) is 5.73 Å². The van der Waals surface area contributed by atoms with Gasteiger partial charge >= 0.3 is 0 Å². The fourth-order valence-corrected chi connectivity index (χ4v) is 3.12. The van der Waals surface area contributed by atoms with E-state index in [1.54, 1.807) is 6.92 Å². The third-order valence-corrected chi connectivity index (χ3v) is 4.75. The maximum Gasteiger partial charge on any atom is 0.218 e. The van der Waals surface area contributed by atoms with E-state index in [2.05, 4.69) is 6.92 Å². The van der Waals surface area contributed by atoms with Gasteiger partial charge in [0.15, 0.2) is 0 Å². The number of Topliss-reactive ketones (excluding diaryl/α,β-unsaturated/α-hetero) is 1. The Bertz CT molecular complexity index is 331. The highest BCUT2D eigenvalue weighted by Crippen LogP contribution is 2.17. The first-order valence-corrected chi connectivity index (χ1v) is 9.94. The fourth-order valence-electron chi connectivity index (χ4n) is 3.12. The van der Waals surface area contributed by atoms with Gasteiger partial charge in [0.1, 0.15) is 5.78 Å². The number of unbranched alkanes of at least 4 members (excludes halogenated alkanes) is 8. The molecule has 0 aromatic heterocycles. The Hall–Kier alpha value is -0.900. The third-order valence-electron chi connectivity index (χ3n) is 4.75. The second kappa shape index (κ2) is 15.6. The first kappa shape index (κ1) is 23.1. The average molecular weight is 342 g/mol. The van der Waals surface area contributed by atoms with Gasteiger partial charge in [-0.2, -0.15) is 0 Å². The SMILES string of the molecule is CCCCCCC(O)CCCCCCCCC(CC(N)=O)C(C)=O. The summed E-state index contributed by atoms with van der Waals surface area (Å²) in [6.07, 6.45) is 14.3. The minimum atomic E-state index is -0.386. The number of rotatable bonds is 17. The monoisotopic (exact) mass is 341 g/mol. The lowest BCUT2D eigenvalue weighted by Crippen LogP contribution is -2.21. The van der Waals surface area contributed by atoms with E-state index in [0.717, 1.165) is 51.4 Å². The van der Waals surface area contributed by atoms with Crippen LogP contribution in [0.2, 0.25) is 0 Å². The van der Waals surface area contributed by atoms with Gasteiger partial charge in [-0.05, 0) is 26.2 Å². The smallest absolute Gasteiger partial charge is 0.218 e. The zero-order valence-corrected chi connectivity index (χ0v) is 15.9.